The topological polar surface area (TPSA) is 81.3 Å². The first kappa shape index (κ1) is 20.6. The lowest BCUT2D eigenvalue weighted by Gasteiger charge is -2.24. The first-order chi connectivity index (χ1) is 14.0. The van der Waals surface area contributed by atoms with E-state index in [9.17, 15) is 4.79 Å². The number of primary amides is 1. The summed E-state index contributed by atoms with van der Waals surface area (Å²) < 4.78 is 5.53. The molecule has 0 aliphatic carbocycles. The third-order valence-electron chi connectivity index (χ3n) is 5.18. The van der Waals surface area contributed by atoms with Crippen LogP contribution in [0, 0.1) is 6.92 Å². The average molecular weight is 393 g/mol. The van der Waals surface area contributed by atoms with Crippen molar-refractivity contribution in [3.63, 3.8) is 0 Å². The summed E-state index contributed by atoms with van der Waals surface area (Å²) in [7, 11) is 3.58. The molecule has 6 nitrogen and oxygen atoms in total. The number of methoxy groups -OCH3 is 1. The molecule has 2 aromatic carbocycles. The predicted octanol–water partition coefficient (Wildman–Crippen LogP) is 4.47. The van der Waals surface area contributed by atoms with E-state index in [4.69, 9.17) is 10.5 Å². The monoisotopic (exact) mass is 392 g/mol. The Morgan fingerprint density at radius 1 is 1.21 bits per heavy atom. The van der Waals surface area contributed by atoms with Crippen LogP contribution in [0.5, 0.6) is 5.75 Å². The predicted molar refractivity (Wildman–Crippen MR) is 117 cm³/mol. The minimum atomic E-state index is -0.387. The van der Waals surface area contributed by atoms with Crippen molar-refractivity contribution in [2.24, 2.45) is 5.73 Å². The average Bonchev–Trinajstić information content (AvgIpc) is 2.72. The zero-order valence-electron chi connectivity index (χ0n) is 17.5. The summed E-state index contributed by atoms with van der Waals surface area (Å²) in [5, 5.41) is 0.968. The van der Waals surface area contributed by atoms with Gasteiger partial charge in [0.2, 0.25) is 5.91 Å². The van der Waals surface area contributed by atoms with E-state index in [1.807, 2.05) is 61.3 Å². The number of aromatic nitrogens is 2. The van der Waals surface area contributed by atoms with Crippen LogP contribution in [0.25, 0.3) is 10.9 Å². The minimum absolute atomic E-state index is 0.333. The second-order valence-corrected chi connectivity index (χ2v) is 7.19. The molecule has 1 unspecified atom stereocenters. The maximum Gasteiger partial charge on any atom is 0.225 e. The molecule has 2 N–H and O–H groups in total. The number of nitrogens with zero attached hydrogens (tertiary/aromatic N) is 3. The van der Waals surface area contributed by atoms with Crippen LogP contribution in [0.15, 0.2) is 42.5 Å². The molecular formula is C23H28N4O2. The van der Waals surface area contributed by atoms with Crippen LogP contribution in [-0.2, 0) is 4.79 Å². The van der Waals surface area contributed by atoms with Gasteiger partial charge in [-0.05, 0) is 43.7 Å². The van der Waals surface area contributed by atoms with Crippen LogP contribution in [0.1, 0.15) is 43.5 Å². The lowest BCUT2D eigenvalue weighted by molar-refractivity contribution is -0.119. The number of nitrogens with two attached hydrogens (primary N) is 1. The molecule has 0 saturated heterocycles. The number of carbonyl (C=O) groups excluding carboxylic acids is 1. The van der Waals surface area contributed by atoms with E-state index >= 15 is 0 Å². The number of hydrogen-bond donors (Lipinski definition) is 1. The normalized spacial score (nSPS) is 12.0. The fourth-order valence-electron chi connectivity index (χ4n) is 3.61. The number of amides is 1. The molecule has 6 heteroatoms. The van der Waals surface area contributed by atoms with Crippen LogP contribution < -0.4 is 15.4 Å². The number of para-hydroxylation sites is 1. The quantitative estimate of drug-likeness (QED) is 0.611. The standard InChI is InChI=1S/C23H28N4O2/c1-5-6-9-17(22(24)28)19-14-16(12-13-21(19)29-4)27(3)23-18-10-7-8-11-20(18)25-15(2)26-23/h7-8,10-14,17H,5-6,9H2,1-4H3,(H2,24,28). The maximum absolute atomic E-state index is 12.2. The smallest absolute Gasteiger partial charge is 0.225 e. The molecule has 3 rings (SSSR count). The number of rotatable bonds is 8. The van der Waals surface area contributed by atoms with E-state index in [0.717, 1.165) is 40.8 Å². The second-order valence-electron chi connectivity index (χ2n) is 7.19. The summed E-state index contributed by atoms with van der Waals surface area (Å²) in [5.74, 6) is 1.47. The van der Waals surface area contributed by atoms with Crippen LogP contribution in [0.3, 0.4) is 0 Å². The van der Waals surface area contributed by atoms with Gasteiger partial charge in [0.15, 0.2) is 0 Å². The van der Waals surface area contributed by atoms with Gasteiger partial charge in [-0.25, -0.2) is 9.97 Å². The van der Waals surface area contributed by atoms with Crippen LogP contribution in [-0.4, -0.2) is 30.0 Å². The molecular weight excluding hydrogens is 364 g/mol. The van der Waals surface area contributed by atoms with Gasteiger partial charge in [0.1, 0.15) is 17.4 Å². The molecule has 0 spiro atoms. The molecule has 1 heterocycles. The first-order valence-electron chi connectivity index (χ1n) is 9.90. The van der Waals surface area contributed by atoms with E-state index in [0.29, 0.717) is 18.0 Å². The molecule has 1 atom stereocenters. The number of unbranched alkanes of at least 4 members (excludes halogenated alkanes) is 1. The van der Waals surface area contributed by atoms with Crippen molar-refractivity contribution in [1.29, 1.82) is 0 Å². The summed E-state index contributed by atoms with van der Waals surface area (Å²) in [6.07, 6.45) is 2.62. The highest BCUT2D eigenvalue weighted by atomic mass is 16.5. The van der Waals surface area contributed by atoms with E-state index in [1.54, 1.807) is 7.11 Å². The lowest BCUT2D eigenvalue weighted by Crippen LogP contribution is -2.22. The second kappa shape index (κ2) is 8.90. The Morgan fingerprint density at radius 3 is 2.66 bits per heavy atom. The molecule has 0 saturated carbocycles. The van der Waals surface area contributed by atoms with Gasteiger partial charge in [-0.3, -0.25) is 4.79 Å². The molecule has 0 fully saturated rings. The van der Waals surface area contributed by atoms with Crippen molar-refractivity contribution < 1.29 is 9.53 Å². The highest BCUT2D eigenvalue weighted by molar-refractivity contribution is 5.91. The number of fused-ring (bicyclic) bond motifs is 1. The van der Waals surface area contributed by atoms with Gasteiger partial charge in [-0.2, -0.15) is 0 Å². The Labute approximate surface area is 171 Å². The molecule has 0 aliphatic heterocycles. The molecule has 152 valence electrons. The van der Waals surface area contributed by atoms with Gasteiger partial charge in [0.05, 0.1) is 18.5 Å². The molecule has 0 aliphatic rings. The van der Waals surface area contributed by atoms with Gasteiger partial charge in [0.25, 0.3) is 0 Å². The van der Waals surface area contributed by atoms with Gasteiger partial charge >= 0.3 is 0 Å². The van der Waals surface area contributed by atoms with E-state index in [1.165, 1.54) is 0 Å². The van der Waals surface area contributed by atoms with Crippen molar-refractivity contribution in [3.05, 3.63) is 53.9 Å². The van der Waals surface area contributed by atoms with Gasteiger partial charge < -0.3 is 15.4 Å². The Hall–Kier alpha value is -3.15. The first-order valence-corrected chi connectivity index (χ1v) is 9.90. The molecule has 0 bridgehead atoms. The largest absolute Gasteiger partial charge is 0.496 e. The minimum Gasteiger partial charge on any atom is -0.496 e. The lowest BCUT2D eigenvalue weighted by atomic mass is 9.91. The maximum atomic E-state index is 12.2. The fraction of sp³-hybridized carbons (Fsp3) is 0.348. The summed E-state index contributed by atoms with van der Waals surface area (Å²) in [5.41, 5.74) is 8.35. The molecule has 29 heavy (non-hydrogen) atoms. The van der Waals surface area contributed by atoms with Crippen molar-refractivity contribution in [3.8, 4) is 5.75 Å². The van der Waals surface area contributed by atoms with Crippen molar-refractivity contribution >= 4 is 28.3 Å². The van der Waals surface area contributed by atoms with Gasteiger partial charge in [-0.15, -0.1) is 0 Å². The Morgan fingerprint density at radius 2 is 1.97 bits per heavy atom. The van der Waals surface area contributed by atoms with Gasteiger partial charge in [0, 0.05) is 23.7 Å². The SMILES string of the molecule is CCCCC(C(N)=O)c1cc(N(C)c2nc(C)nc3ccccc23)ccc1OC. The molecule has 3 aromatic rings. The Kier molecular flexibility index (Phi) is 6.32. The zero-order chi connectivity index (χ0) is 21.0. The molecule has 1 amide bonds. The van der Waals surface area contributed by atoms with Gasteiger partial charge in [-0.1, -0.05) is 31.9 Å². The summed E-state index contributed by atoms with van der Waals surface area (Å²) in [6.45, 7) is 3.99. The number of ether oxygens (including phenoxy) is 1. The summed E-state index contributed by atoms with van der Waals surface area (Å²) in [4.78, 5) is 23.4. The Balaban J connectivity index is 2.09. The highest BCUT2D eigenvalue weighted by Crippen LogP contribution is 2.36. The number of hydrogen-bond acceptors (Lipinski definition) is 5. The number of aryl methyl sites for hydroxylation is 1. The Bertz CT molecular complexity index is 1020. The van der Waals surface area contributed by atoms with Crippen LogP contribution >= 0.6 is 0 Å². The van der Waals surface area contributed by atoms with Crippen molar-refractivity contribution in [2.75, 3.05) is 19.1 Å². The third kappa shape index (κ3) is 4.31. The zero-order valence-corrected chi connectivity index (χ0v) is 17.5. The number of benzene rings is 2. The fourth-order valence-corrected chi connectivity index (χ4v) is 3.61. The van der Waals surface area contributed by atoms with Crippen molar-refractivity contribution in [2.45, 2.75) is 39.0 Å². The molecule has 0 radical (unpaired) electrons. The van der Waals surface area contributed by atoms with Crippen LogP contribution in [0.4, 0.5) is 11.5 Å². The third-order valence-corrected chi connectivity index (χ3v) is 5.18. The van der Waals surface area contributed by atoms with E-state index < -0.39 is 0 Å². The van der Waals surface area contributed by atoms with E-state index in [-0.39, 0.29) is 11.8 Å². The van der Waals surface area contributed by atoms with Crippen LogP contribution in [0.2, 0.25) is 0 Å². The summed E-state index contributed by atoms with van der Waals surface area (Å²) in [6, 6.07) is 13.8. The number of carbonyl (C=O) groups is 1. The van der Waals surface area contributed by atoms with E-state index in [2.05, 4.69) is 16.9 Å². The summed E-state index contributed by atoms with van der Waals surface area (Å²) >= 11 is 0. The molecule has 1 aromatic heterocycles. The number of anilines is 2. The van der Waals surface area contributed by atoms with Crippen molar-refractivity contribution in [1.82, 2.24) is 9.97 Å². The highest BCUT2D eigenvalue weighted by Gasteiger charge is 2.23.